The van der Waals surface area contributed by atoms with Gasteiger partial charge in [0.05, 0.1) is 0 Å². The van der Waals surface area contributed by atoms with Gasteiger partial charge in [0, 0.05) is 57.7 Å². The summed E-state index contributed by atoms with van der Waals surface area (Å²) in [6.07, 6.45) is 1.16. The van der Waals surface area contributed by atoms with Crippen molar-refractivity contribution in [3.63, 3.8) is 0 Å². The van der Waals surface area contributed by atoms with E-state index in [2.05, 4.69) is 24.1 Å². The molecule has 22 heavy (non-hydrogen) atoms. The van der Waals surface area contributed by atoms with Crippen LogP contribution in [0.1, 0.15) is 20.3 Å². The minimum atomic E-state index is 0.00130. The second-order valence-electron chi connectivity index (χ2n) is 6.15. The third-order valence-corrected chi connectivity index (χ3v) is 4.45. The van der Waals surface area contributed by atoms with E-state index in [0.717, 1.165) is 44.0 Å². The third kappa shape index (κ3) is 4.13. The van der Waals surface area contributed by atoms with Crippen LogP contribution in [0.25, 0.3) is 0 Å². The first-order valence-electron chi connectivity index (χ1n) is 8.08. The molecule has 1 heterocycles. The zero-order valence-corrected chi connectivity index (χ0v) is 14.2. The highest BCUT2D eigenvalue weighted by Gasteiger charge is 2.23. The Morgan fingerprint density at radius 2 is 1.77 bits per heavy atom. The molecule has 1 aliphatic heterocycles. The zero-order chi connectivity index (χ0) is 16.1. The van der Waals surface area contributed by atoms with Crippen molar-refractivity contribution in [2.24, 2.45) is 0 Å². The van der Waals surface area contributed by atoms with Gasteiger partial charge in [-0.15, -0.1) is 0 Å². The number of hydrogen-bond acceptors (Lipinski definition) is 3. The van der Waals surface area contributed by atoms with E-state index in [-0.39, 0.29) is 6.03 Å². The molecule has 0 radical (unpaired) electrons. The van der Waals surface area contributed by atoms with E-state index in [0.29, 0.717) is 6.04 Å². The highest BCUT2D eigenvalue weighted by molar-refractivity contribution is 5.89. The van der Waals surface area contributed by atoms with Gasteiger partial charge in [-0.1, -0.05) is 6.92 Å². The van der Waals surface area contributed by atoms with Crippen LogP contribution in [0.2, 0.25) is 0 Å². The second-order valence-corrected chi connectivity index (χ2v) is 6.15. The van der Waals surface area contributed by atoms with Crippen LogP contribution in [0.4, 0.5) is 16.2 Å². The molecular weight excluding hydrogens is 276 g/mol. The molecule has 1 fully saturated rings. The summed E-state index contributed by atoms with van der Waals surface area (Å²) in [6.45, 7) is 7.98. The molecule has 2 amide bonds. The Hall–Kier alpha value is -1.75. The first-order valence-corrected chi connectivity index (χ1v) is 8.08. The van der Waals surface area contributed by atoms with Gasteiger partial charge in [-0.05, 0) is 37.6 Å². The van der Waals surface area contributed by atoms with E-state index in [9.17, 15) is 4.79 Å². The largest absolute Gasteiger partial charge is 0.378 e. The predicted molar refractivity (Wildman–Crippen MR) is 92.7 cm³/mol. The van der Waals surface area contributed by atoms with Crippen LogP contribution in [0.3, 0.4) is 0 Å². The first kappa shape index (κ1) is 16.6. The average Bonchev–Trinajstić information content (AvgIpc) is 2.54. The molecule has 1 saturated heterocycles. The van der Waals surface area contributed by atoms with Crippen LogP contribution in [-0.2, 0) is 0 Å². The molecule has 5 heteroatoms. The summed E-state index contributed by atoms with van der Waals surface area (Å²) in [7, 11) is 4.01. The number of amides is 2. The van der Waals surface area contributed by atoms with Gasteiger partial charge in [0.1, 0.15) is 0 Å². The Kier molecular flexibility index (Phi) is 5.66. The lowest BCUT2D eigenvalue weighted by Gasteiger charge is -2.37. The van der Waals surface area contributed by atoms with Crippen molar-refractivity contribution in [3.05, 3.63) is 24.3 Å². The molecular formula is C17H28N4O. The van der Waals surface area contributed by atoms with E-state index in [1.54, 1.807) is 0 Å². The van der Waals surface area contributed by atoms with Crippen LogP contribution in [0, 0.1) is 0 Å². The molecule has 1 aromatic rings. The maximum atomic E-state index is 12.3. The van der Waals surface area contributed by atoms with Crippen molar-refractivity contribution in [2.75, 3.05) is 50.5 Å². The molecule has 0 aromatic heterocycles. The van der Waals surface area contributed by atoms with Crippen molar-refractivity contribution in [3.8, 4) is 0 Å². The Bertz CT molecular complexity index is 478. The lowest BCUT2D eigenvalue weighted by atomic mass is 10.2. The minimum Gasteiger partial charge on any atom is -0.378 e. The molecule has 1 atom stereocenters. The second kappa shape index (κ2) is 7.49. The van der Waals surface area contributed by atoms with Crippen LogP contribution in [-0.4, -0.2) is 62.1 Å². The van der Waals surface area contributed by atoms with Gasteiger partial charge < -0.3 is 15.1 Å². The number of hydrogen-bond donors (Lipinski definition) is 1. The summed E-state index contributed by atoms with van der Waals surface area (Å²) < 4.78 is 0. The Morgan fingerprint density at radius 1 is 1.18 bits per heavy atom. The van der Waals surface area contributed by atoms with Crippen molar-refractivity contribution in [1.29, 1.82) is 0 Å². The predicted octanol–water partition coefficient (Wildman–Crippen LogP) is 2.70. The Balaban J connectivity index is 1.85. The topological polar surface area (TPSA) is 38.8 Å². The fourth-order valence-corrected chi connectivity index (χ4v) is 2.67. The van der Waals surface area contributed by atoms with Gasteiger partial charge in [-0.3, -0.25) is 4.90 Å². The van der Waals surface area contributed by atoms with Crippen molar-refractivity contribution >= 4 is 17.4 Å². The summed E-state index contributed by atoms with van der Waals surface area (Å²) >= 11 is 0. The summed E-state index contributed by atoms with van der Waals surface area (Å²) in [5.74, 6) is 0. The lowest BCUT2D eigenvalue weighted by Crippen LogP contribution is -2.52. The SMILES string of the molecule is CCC(C)N1CCN(C(=O)Nc2ccc(N(C)C)cc2)CC1. The van der Waals surface area contributed by atoms with Crippen LogP contribution < -0.4 is 10.2 Å². The highest BCUT2D eigenvalue weighted by Crippen LogP contribution is 2.16. The molecule has 1 aliphatic rings. The quantitative estimate of drug-likeness (QED) is 0.929. The molecule has 1 N–H and O–H groups in total. The zero-order valence-electron chi connectivity index (χ0n) is 14.2. The van der Waals surface area contributed by atoms with E-state index < -0.39 is 0 Å². The summed E-state index contributed by atoms with van der Waals surface area (Å²) in [4.78, 5) is 18.7. The average molecular weight is 304 g/mol. The normalized spacial score (nSPS) is 17.2. The molecule has 1 aromatic carbocycles. The number of nitrogens with one attached hydrogen (secondary N) is 1. The van der Waals surface area contributed by atoms with Crippen LogP contribution in [0.15, 0.2) is 24.3 Å². The number of rotatable bonds is 4. The molecule has 0 spiro atoms. The monoisotopic (exact) mass is 304 g/mol. The molecule has 2 rings (SSSR count). The smallest absolute Gasteiger partial charge is 0.321 e. The number of urea groups is 1. The van der Waals surface area contributed by atoms with Gasteiger partial charge in [0.2, 0.25) is 0 Å². The summed E-state index contributed by atoms with van der Waals surface area (Å²) in [6, 6.07) is 8.52. The molecule has 0 saturated carbocycles. The van der Waals surface area contributed by atoms with Gasteiger partial charge >= 0.3 is 6.03 Å². The van der Waals surface area contributed by atoms with Crippen molar-refractivity contribution in [1.82, 2.24) is 9.80 Å². The van der Waals surface area contributed by atoms with Crippen molar-refractivity contribution < 1.29 is 4.79 Å². The fourth-order valence-electron chi connectivity index (χ4n) is 2.67. The molecule has 1 unspecified atom stereocenters. The Labute approximate surface area is 133 Å². The van der Waals surface area contributed by atoms with Gasteiger partial charge in [0.15, 0.2) is 0 Å². The fraction of sp³-hybridized carbons (Fsp3) is 0.588. The lowest BCUT2D eigenvalue weighted by molar-refractivity contribution is 0.117. The van der Waals surface area contributed by atoms with Crippen LogP contribution in [0.5, 0.6) is 0 Å². The maximum Gasteiger partial charge on any atom is 0.321 e. The molecule has 5 nitrogen and oxygen atoms in total. The van der Waals surface area contributed by atoms with Crippen molar-refractivity contribution in [2.45, 2.75) is 26.3 Å². The molecule has 0 bridgehead atoms. The molecule has 122 valence electrons. The van der Waals surface area contributed by atoms with E-state index in [1.807, 2.05) is 48.2 Å². The van der Waals surface area contributed by atoms with Gasteiger partial charge in [0.25, 0.3) is 0 Å². The number of piperazine rings is 1. The minimum absolute atomic E-state index is 0.00130. The number of nitrogens with zero attached hydrogens (tertiary/aromatic N) is 3. The van der Waals surface area contributed by atoms with Crippen LogP contribution >= 0.6 is 0 Å². The molecule has 0 aliphatic carbocycles. The Morgan fingerprint density at radius 3 is 2.27 bits per heavy atom. The number of anilines is 2. The van der Waals surface area contributed by atoms with Gasteiger partial charge in [-0.25, -0.2) is 4.79 Å². The highest BCUT2D eigenvalue weighted by atomic mass is 16.2. The van der Waals surface area contributed by atoms with E-state index in [4.69, 9.17) is 0 Å². The number of benzene rings is 1. The summed E-state index contributed by atoms with van der Waals surface area (Å²) in [5, 5.41) is 2.99. The maximum absolute atomic E-state index is 12.3. The first-order chi connectivity index (χ1) is 10.5. The standard InChI is InChI=1S/C17H28N4O/c1-5-14(2)20-10-12-21(13-11-20)17(22)18-15-6-8-16(9-7-15)19(3)4/h6-9,14H,5,10-13H2,1-4H3,(H,18,22). The van der Waals surface area contributed by atoms with E-state index >= 15 is 0 Å². The summed E-state index contributed by atoms with van der Waals surface area (Å²) in [5.41, 5.74) is 1.97. The number of carbonyl (C=O) groups excluding carboxylic acids is 1. The number of carbonyl (C=O) groups is 1. The van der Waals surface area contributed by atoms with E-state index in [1.165, 1.54) is 0 Å². The third-order valence-electron chi connectivity index (χ3n) is 4.45. The van der Waals surface area contributed by atoms with Gasteiger partial charge in [-0.2, -0.15) is 0 Å².